The lowest BCUT2D eigenvalue weighted by atomic mass is 10.2. The summed E-state index contributed by atoms with van der Waals surface area (Å²) in [6, 6.07) is 9.02. The van der Waals surface area contributed by atoms with Crippen molar-refractivity contribution in [1.82, 2.24) is 15.0 Å². The normalized spacial score (nSPS) is 10.6. The molecule has 2 heterocycles. The fourth-order valence-corrected chi connectivity index (χ4v) is 2.83. The molecule has 2 aromatic heterocycles. The average molecular weight is 422 g/mol. The van der Waals surface area contributed by atoms with E-state index in [1.54, 1.807) is 24.5 Å². The predicted octanol–water partition coefficient (Wildman–Crippen LogP) is 3.60. The van der Waals surface area contributed by atoms with Crippen LogP contribution in [-0.4, -0.2) is 27.1 Å². The fourth-order valence-electron chi connectivity index (χ4n) is 1.94. The summed E-state index contributed by atoms with van der Waals surface area (Å²) in [6.45, 7) is 0. The Balaban J connectivity index is 2.01. The van der Waals surface area contributed by atoms with Crippen molar-refractivity contribution < 1.29 is 4.79 Å². The second kappa shape index (κ2) is 6.57. The van der Waals surface area contributed by atoms with E-state index >= 15 is 0 Å². The molecule has 0 spiro atoms. The number of benzene rings is 1. The van der Waals surface area contributed by atoms with E-state index in [0.29, 0.717) is 16.5 Å². The fraction of sp³-hybridized carbons (Fsp3) is 0.0667. The number of fused-ring (bicyclic) bond motifs is 1. The van der Waals surface area contributed by atoms with Gasteiger partial charge in [-0.1, -0.05) is 30.0 Å². The van der Waals surface area contributed by atoms with E-state index in [1.807, 2.05) is 24.5 Å². The van der Waals surface area contributed by atoms with Crippen molar-refractivity contribution >= 4 is 57.0 Å². The summed E-state index contributed by atoms with van der Waals surface area (Å²) in [7, 11) is 0. The zero-order valence-electron chi connectivity index (χ0n) is 11.6. The molecule has 7 heteroatoms. The van der Waals surface area contributed by atoms with Crippen LogP contribution in [0.2, 0.25) is 0 Å². The molecule has 22 heavy (non-hydrogen) atoms. The second-order valence-electron chi connectivity index (χ2n) is 4.39. The zero-order chi connectivity index (χ0) is 15.5. The van der Waals surface area contributed by atoms with Crippen LogP contribution in [0, 0.1) is 3.57 Å². The average Bonchev–Trinajstić information content (AvgIpc) is 2.58. The third kappa shape index (κ3) is 3.05. The van der Waals surface area contributed by atoms with Crippen LogP contribution in [0.4, 0.5) is 5.82 Å². The molecule has 1 aromatic carbocycles. The highest BCUT2D eigenvalue weighted by atomic mass is 127. The number of carbonyl (C=O) groups excluding carboxylic acids is 1. The number of aromatic nitrogens is 3. The molecule has 0 aliphatic heterocycles. The minimum absolute atomic E-state index is 0.204. The quantitative estimate of drug-likeness (QED) is 0.397. The van der Waals surface area contributed by atoms with E-state index in [1.165, 1.54) is 11.8 Å². The Hall–Kier alpha value is -1.74. The number of carbonyl (C=O) groups is 1. The van der Waals surface area contributed by atoms with Crippen LogP contribution in [0.5, 0.6) is 0 Å². The van der Waals surface area contributed by atoms with E-state index in [2.05, 4.69) is 42.9 Å². The number of rotatable bonds is 3. The summed E-state index contributed by atoms with van der Waals surface area (Å²) >= 11 is 3.65. The van der Waals surface area contributed by atoms with Crippen molar-refractivity contribution in [2.24, 2.45) is 0 Å². The number of nitrogens with one attached hydrogen (secondary N) is 1. The molecule has 3 aromatic rings. The van der Waals surface area contributed by atoms with Crippen molar-refractivity contribution in [2.45, 2.75) is 5.16 Å². The van der Waals surface area contributed by atoms with Crippen LogP contribution in [0.25, 0.3) is 10.9 Å². The van der Waals surface area contributed by atoms with E-state index in [4.69, 9.17) is 0 Å². The first-order valence-electron chi connectivity index (χ1n) is 6.40. The number of amides is 1. The third-order valence-corrected chi connectivity index (χ3v) is 4.36. The van der Waals surface area contributed by atoms with E-state index in [9.17, 15) is 4.79 Å². The second-order valence-corrected chi connectivity index (χ2v) is 6.33. The van der Waals surface area contributed by atoms with Crippen LogP contribution in [0.3, 0.4) is 0 Å². The van der Waals surface area contributed by atoms with Gasteiger partial charge in [0.1, 0.15) is 5.82 Å². The number of nitrogens with zero attached hydrogens (tertiary/aromatic N) is 3. The molecule has 0 bridgehead atoms. The monoisotopic (exact) mass is 422 g/mol. The topological polar surface area (TPSA) is 67.8 Å². The van der Waals surface area contributed by atoms with Crippen molar-refractivity contribution in [2.75, 3.05) is 11.6 Å². The molecule has 0 aliphatic rings. The van der Waals surface area contributed by atoms with E-state index in [0.717, 1.165) is 14.5 Å². The van der Waals surface area contributed by atoms with Gasteiger partial charge < -0.3 is 5.32 Å². The van der Waals surface area contributed by atoms with Gasteiger partial charge in [-0.05, 0) is 41.0 Å². The Kier molecular flexibility index (Phi) is 4.53. The summed E-state index contributed by atoms with van der Waals surface area (Å²) in [5.74, 6) is 0.265. The maximum absolute atomic E-state index is 12.3. The minimum atomic E-state index is -0.204. The van der Waals surface area contributed by atoms with Crippen LogP contribution in [0.15, 0.2) is 47.9 Å². The summed E-state index contributed by atoms with van der Waals surface area (Å²) in [6.07, 6.45) is 5.32. The molecule has 0 saturated carbocycles. The minimum Gasteiger partial charge on any atom is -0.306 e. The molecule has 1 N–H and O–H groups in total. The largest absolute Gasteiger partial charge is 0.306 e. The third-order valence-electron chi connectivity index (χ3n) is 3.01. The maximum Gasteiger partial charge on any atom is 0.256 e. The number of halogens is 1. The standard InChI is InChI=1S/C15H11IN4OS/c1-22-15-18-7-10-12(19-15)11(16)8-17-13(10)20-14(21)9-5-3-2-4-6-9/h2-8H,1H3,(H,17,20,21). The highest BCUT2D eigenvalue weighted by Crippen LogP contribution is 2.25. The van der Waals surface area contributed by atoms with Crippen LogP contribution in [0.1, 0.15) is 10.4 Å². The lowest BCUT2D eigenvalue weighted by Crippen LogP contribution is -2.13. The van der Waals surface area contributed by atoms with Crippen LogP contribution < -0.4 is 5.32 Å². The maximum atomic E-state index is 12.3. The predicted molar refractivity (Wildman–Crippen MR) is 96.2 cm³/mol. The Morgan fingerprint density at radius 1 is 1.18 bits per heavy atom. The van der Waals surface area contributed by atoms with Gasteiger partial charge in [-0.3, -0.25) is 4.79 Å². The Bertz CT molecular complexity index is 842. The van der Waals surface area contributed by atoms with Crippen molar-refractivity contribution in [3.8, 4) is 0 Å². The van der Waals surface area contributed by atoms with E-state index < -0.39 is 0 Å². The Morgan fingerprint density at radius 2 is 1.95 bits per heavy atom. The van der Waals surface area contributed by atoms with Gasteiger partial charge >= 0.3 is 0 Å². The molecule has 0 saturated heterocycles. The molecule has 0 atom stereocenters. The molecular formula is C15H11IN4OS. The smallest absolute Gasteiger partial charge is 0.256 e. The molecule has 3 rings (SSSR count). The first-order valence-corrected chi connectivity index (χ1v) is 8.71. The van der Waals surface area contributed by atoms with E-state index in [-0.39, 0.29) is 5.91 Å². The Morgan fingerprint density at radius 3 is 2.68 bits per heavy atom. The summed E-state index contributed by atoms with van der Waals surface area (Å²) in [4.78, 5) is 25.3. The first kappa shape index (κ1) is 15.2. The van der Waals surface area contributed by atoms with Crippen molar-refractivity contribution in [1.29, 1.82) is 0 Å². The summed E-state index contributed by atoms with van der Waals surface area (Å²) in [5.41, 5.74) is 1.37. The molecule has 0 fully saturated rings. The van der Waals surface area contributed by atoms with Gasteiger partial charge in [-0.2, -0.15) is 0 Å². The molecule has 110 valence electrons. The van der Waals surface area contributed by atoms with Gasteiger partial charge in [0.25, 0.3) is 5.91 Å². The van der Waals surface area contributed by atoms with Crippen LogP contribution in [-0.2, 0) is 0 Å². The molecule has 0 aliphatic carbocycles. The Labute approximate surface area is 145 Å². The van der Waals surface area contributed by atoms with Crippen molar-refractivity contribution in [3.63, 3.8) is 0 Å². The molecule has 1 amide bonds. The van der Waals surface area contributed by atoms with Gasteiger partial charge in [0, 0.05) is 18.0 Å². The molecule has 5 nitrogen and oxygen atoms in total. The van der Waals surface area contributed by atoms with Gasteiger partial charge in [0.15, 0.2) is 5.16 Å². The zero-order valence-corrected chi connectivity index (χ0v) is 14.6. The first-order chi connectivity index (χ1) is 10.7. The number of anilines is 1. The van der Waals surface area contributed by atoms with Crippen molar-refractivity contribution in [3.05, 3.63) is 51.9 Å². The summed E-state index contributed by atoms with van der Waals surface area (Å²) in [5, 5.41) is 4.25. The van der Waals surface area contributed by atoms with Gasteiger partial charge in [-0.15, -0.1) is 0 Å². The molecular weight excluding hydrogens is 411 g/mol. The SMILES string of the molecule is CSc1ncc2c(NC(=O)c3ccccc3)ncc(I)c2n1. The lowest BCUT2D eigenvalue weighted by molar-refractivity contribution is 0.102. The summed E-state index contributed by atoms with van der Waals surface area (Å²) < 4.78 is 0.919. The number of hydrogen-bond acceptors (Lipinski definition) is 5. The van der Waals surface area contributed by atoms with Gasteiger partial charge in [-0.25, -0.2) is 15.0 Å². The molecule has 0 unspecified atom stereocenters. The van der Waals surface area contributed by atoms with Gasteiger partial charge in [0.2, 0.25) is 0 Å². The van der Waals surface area contributed by atoms with Crippen LogP contribution >= 0.6 is 34.4 Å². The number of pyridine rings is 1. The molecule has 0 radical (unpaired) electrons. The van der Waals surface area contributed by atoms with Gasteiger partial charge in [0.05, 0.1) is 14.5 Å². The number of hydrogen-bond donors (Lipinski definition) is 1. The highest BCUT2D eigenvalue weighted by Gasteiger charge is 2.12. The highest BCUT2D eigenvalue weighted by molar-refractivity contribution is 14.1. The lowest BCUT2D eigenvalue weighted by Gasteiger charge is -2.09. The number of thioether (sulfide) groups is 1.